The molecule has 2 heterocycles. The van der Waals surface area contributed by atoms with Crippen LogP contribution in [0.3, 0.4) is 0 Å². The summed E-state index contributed by atoms with van der Waals surface area (Å²) in [5.41, 5.74) is 2.95. The maximum absolute atomic E-state index is 12.0. The average Bonchev–Trinajstić information content (AvgIpc) is 2.98. The molecule has 0 aliphatic heterocycles. The maximum Gasteiger partial charge on any atom is 0.251 e. The molecule has 0 aliphatic carbocycles. The van der Waals surface area contributed by atoms with Crippen LogP contribution in [0.4, 0.5) is 0 Å². The molecular weight excluding hydrogens is 276 g/mol. The van der Waals surface area contributed by atoms with Crippen molar-refractivity contribution in [1.29, 1.82) is 5.26 Å². The van der Waals surface area contributed by atoms with Crippen molar-refractivity contribution in [2.75, 3.05) is 6.54 Å². The monoisotopic (exact) mass is 290 g/mol. The molecule has 3 rings (SSSR count). The van der Waals surface area contributed by atoms with Gasteiger partial charge in [0.15, 0.2) is 0 Å². The van der Waals surface area contributed by atoms with Gasteiger partial charge in [-0.25, -0.2) is 4.98 Å². The van der Waals surface area contributed by atoms with E-state index in [4.69, 9.17) is 5.26 Å². The SMILES string of the molecule is N#Cc1cc(C(=O)NCCc2c[nH]c3ccccc23)ccn1. The zero-order valence-electron chi connectivity index (χ0n) is 11.8. The number of amides is 1. The molecule has 2 N–H and O–H groups in total. The van der Waals surface area contributed by atoms with Crippen LogP contribution in [0.2, 0.25) is 0 Å². The van der Waals surface area contributed by atoms with E-state index in [9.17, 15) is 4.79 Å². The first-order chi connectivity index (χ1) is 10.8. The van der Waals surface area contributed by atoms with Crippen LogP contribution in [0.15, 0.2) is 48.8 Å². The summed E-state index contributed by atoms with van der Waals surface area (Å²) in [7, 11) is 0. The molecule has 1 amide bonds. The van der Waals surface area contributed by atoms with Gasteiger partial charge in [-0.15, -0.1) is 0 Å². The second-order valence-corrected chi connectivity index (χ2v) is 4.91. The number of carbonyl (C=O) groups excluding carboxylic acids is 1. The van der Waals surface area contributed by atoms with Crippen molar-refractivity contribution in [3.63, 3.8) is 0 Å². The number of para-hydroxylation sites is 1. The van der Waals surface area contributed by atoms with E-state index >= 15 is 0 Å². The van der Waals surface area contributed by atoms with Gasteiger partial charge in [0, 0.05) is 35.4 Å². The van der Waals surface area contributed by atoms with Crippen molar-refractivity contribution in [2.45, 2.75) is 6.42 Å². The van der Waals surface area contributed by atoms with Crippen LogP contribution in [-0.4, -0.2) is 22.4 Å². The molecule has 0 saturated carbocycles. The molecular formula is C17H14N4O. The number of H-pyrrole nitrogens is 1. The number of aromatic nitrogens is 2. The van der Waals surface area contributed by atoms with Gasteiger partial charge in [0.1, 0.15) is 11.8 Å². The van der Waals surface area contributed by atoms with Gasteiger partial charge in [-0.2, -0.15) is 5.26 Å². The standard InChI is InChI=1S/C17H14N4O/c18-10-14-9-12(5-7-19-14)17(22)20-8-6-13-11-21-16-4-2-1-3-15(13)16/h1-5,7,9,11,21H,6,8H2,(H,20,22). The highest BCUT2D eigenvalue weighted by molar-refractivity contribution is 5.94. The molecule has 2 aromatic heterocycles. The van der Waals surface area contributed by atoms with Crippen LogP contribution in [0.25, 0.3) is 10.9 Å². The van der Waals surface area contributed by atoms with Crippen LogP contribution < -0.4 is 5.32 Å². The number of nitrogens with zero attached hydrogens (tertiary/aromatic N) is 2. The van der Waals surface area contributed by atoms with Gasteiger partial charge in [-0.05, 0) is 30.2 Å². The lowest BCUT2D eigenvalue weighted by Crippen LogP contribution is -2.25. The summed E-state index contributed by atoms with van der Waals surface area (Å²) in [6.07, 6.45) is 4.18. The number of nitrogens with one attached hydrogen (secondary N) is 2. The minimum Gasteiger partial charge on any atom is -0.361 e. The van der Waals surface area contributed by atoms with Crippen molar-refractivity contribution in [3.05, 3.63) is 65.6 Å². The Morgan fingerprint density at radius 1 is 1.32 bits per heavy atom. The molecule has 0 radical (unpaired) electrons. The third kappa shape index (κ3) is 2.81. The summed E-state index contributed by atoms with van der Waals surface area (Å²) in [6.45, 7) is 0.533. The van der Waals surface area contributed by atoms with Crippen molar-refractivity contribution in [1.82, 2.24) is 15.3 Å². The van der Waals surface area contributed by atoms with Gasteiger partial charge in [0.05, 0.1) is 0 Å². The lowest BCUT2D eigenvalue weighted by atomic mass is 10.1. The van der Waals surface area contributed by atoms with Gasteiger partial charge in [0.2, 0.25) is 0 Å². The molecule has 0 saturated heterocycles. The Morgan fingerprint density at radius 3 is 3.05 bits per heavy atom. The van der Waals surface area contributed by atoms with E-state index < -0.39 is 0 Å². The number of hydrogen-bond acceptors (Lipinski definition) is 3. The molecule has 0 fully saturated rings. The highest BCUT2D eigenvalue weighted by Crippen LogP contribution is 2.17. The minimum atomic E-state index is -0.196. The number of fused-ring (bicyclic) bond motifs is 1. The number of benzene rings is 1. The van der Waals surface area contributed by atoms with E-state index in [0.29, 0.717) is 12.1 Å². The summed E-state index contributed by atoms with van der Waals surface area (Å²) >= 11 is 0. The zero-order valence-corrected chi connectivity index (χ0v) is 11.8. The van der Waals surface area contributed by atoms with Gasteiger partial charge < -0.3 is 10.3 Å². The van der Waals surface area contributed by atoms with Crippen LogP contribution in [-0.2, 0) is 6.42 Å². The van der Waals surface area contributed by atoms with E-state index in [0.717, 1.165) is 11.9 Å². The van der Waals surface area contributed by atoms with E-state index in [1.165, 1.54) is 23.2 Å². The largest absolute Gasteiger partial charge is 0.361 e. The van der Waals surface area contributed by atoms with Crippen molar-refractivity contribution in [2.24, 2.45) is 0 Å². The molecule has 0 atom stereocenters. The third-order valence-electron chi connectivity index (χ3n) is 3.49. The number of hydrogen-bond donors (Lipinski definition) is 2. The quantitative estimate of drug-likeness (QED) is 0.774. The Hall–Kier alpha value is -3.13. The highest BCUT2D eigenvalue weighted by Gasteiger charge is 2.07. The normalized spacial score (nSPS) is 10.3. The summed E-state index contributed by atoms with van der Waals surface area (Å²) in [4.78, 5) is 19.1. The Kier molecular flexibility index (Phi) is 3.84. The average molecular weight is 290 g/mol. The van der Waals surface area contributed by atoms with Gasteiger partial charge in [0.25, 0.3) is 5.91 Å². The minimum absolute atomic E-state index is 0.196. The van der Waals surface area contributed by atoms with Gasteiger partial charge >= 0.3 is 0 Å². The predicted octanol–water partition coefficient (Wildman–Crippen LogP) is 2.41. The molecule has 3 aromatic rings. The lowest BCUT2D eigenvalue weighted by molar-refractivity contribution is 0.0954. The fourth-order valence-corrected chi connectivity index (χ4v) is 2.38. The number of aromatic amines is 1. The molecule has 5 nitrogen and oxygen atoms in total. The Balaban J connectivity index is 1.63. The van der Waals surface area contributed by atoms with Crippen LogP contribution >= 0.6 is 0 Å². The van der Waals surface area contributed by atoms with E-state index in [2.05, 4.69) is 21.4 Å². The first kappa shape index (κ1) is 13.8. The zero-order chi connectivity index (χ0) is 15.4. The van der Waals surface area contributed by atoms with Crippen molar-refractivity contribution >= 4 is 16.8 Å². The molecule has 22 heavy (non-hydrogen) atoms. The smallest absolute Gasteiger partial charge is 0.251 e. The molecule has 1 aromatic carbocycles. The number of carbonyl (C=O) groups is 1. The number of rotatable bonds is 4. The van der Waals surface area contributed by atoms with Crippen LogP contribution in [0.1, 0.15) is 21.6 Å². The highest BCUT2D eigenvalue weighted by atomic mass is 16.1. The van der Waals surface area contributed by atoms with E-state index in [-0.39, 0.29) is 11.6 Å². The predicted molar refractivity (Wildman–Crippen MR) is 83.3 cm³/mol. The molecule has 5 heteroatoms. The van der Waals surface area contributed by atoms with Crippen molar-refractivity contribution < 1.29 is 4.79 Å². The second-order valence-electron chi connectivity index (χ2n) is 4.91. The van der Waals surface area contributed by atoms with E-state index in [1.54, 1.807) is 6.07 Å². The molecule has 0 bridgehead atoms. The summed E-state index contributed by atoms with van der Waals surface area (Å²) in [5, 5.41) is 12.8. The summed E-state index contributed by atoms with van der Waals surface area (Å²) in [6, 6.07) is 13.1. The van der Waals surface area contributed by atoms with Gasteiger partial charge in [-0.1, -0.05) is 18.2 Å². The molecule has 0 aliphatic rings. The van der Waals surface area contributed by atoms with E-state index in [1.807, 2.05) is 30.5 Å². The third-order valence-corrected chi connectivity index (χ3v) is 3.49. The second kappa shape index (κ2) is 6.10. The number of nitriles is 1. The van der Waals surface area contributed by atoms with Gasteiger partial charge in [-0.3, -0.25) is 4.79 Å². The summed E-state index contributed by atoms with van der Waals surface area (Å²) < 4.78 is 0. The fraction of sp³-hybridized carbons (Fsp3) is 0.118. The van der Waals surface area contributed by atoms with Crippen LogP contribution in [0.5, 0.6) is 0 Å². The Labute approximate surface area is 127 Å². The topological polar surface area (TPSA) is 81.6 Å². The van der Waals surface area contributed by atoms with Crippen LogP contribution in [0, 0.1) is 11.3 Å². The summed E-state index contributed by atoms with van der Waals surface area (Å²) in [5.74, 6) is -0.196. The fourth-order valence-electron chi connectivity index (χ4n) is 2.38. The molecule has 0 spiro atoms. The number of pyridine rings is 1. The maximum atomic E-state index is 12.0. The Bertz CT molecular complexity index is 860. The first-order valence-corrected chi connectivity index (χ1v) is 6.97. The first-order valence-electron chi connectivity index (χ1n) is 6.97. The lowest BCUT2D eigenvalue weighted by Gasteiger charge is -2.05. The molecule has 0 unspecified atom stereocenters. The van der Waals surface area contributed by atoms with Crippen molar-refractivity contribution in [3.8, 4) is 6.07 Å². The molecule has 108 valence electrons. The Morgan fingerprint density at radius 2 is 2.18 bits per heavy atom.